The van der Waals surface area contributed by atoms with Gasteiger partial charge in [0.15, 0.2) is 5.16 Å². The highest BCUT2D eigenvalue weighted by Gasteiger charge is 2.23. The quantitative estimate of drug-likeness (QED) is 0.532. The first kappa shape index (κ1) is 22.6. The molecule has 1 amide bonds. The summed E-state index contributed by atoms with van der Waals surface area (Å²) in [6, 6.07) is 14.3. The van der Waals surface area contributed by atoms with Gasteiger partial charge in [-0.15, -0.1) is 5.10 Å². The van der Waals surface area contributed by atoms with E-state index in [9.17, 15) is 14.0 Å². The van der Waals surface area contributed by atoms with E-state index in [-0.39, 0.29) is 23.2 Å². The number of rotatable bonds is 7. The average molecular weight is 476 g/mol. The first-order valence-corrected chi connectivity index (χ1v) is 11.6. The summed E-state index contributed by atoms with van der Waals surface area (Å²) in [6.45, 7) is 3.21. The molecule has 7 nitrogen and oxygen atoms in total. The fraction of sp³-hybridized carbons (Fsp3) is 0.318. The number of H-pyrrole nitrogens is 1. The van der Waals surface area contributed by atoms with Crippen LogP contribution in [0.25, 0.3) is 0 Å². The number of nitrogens with one attached hydrogen (secondary N) is 1. The van der Waals surface area contributed by atoms with E-state index in [1.54, 1.807) is 17.0 Å². The van der Waals surface area contributed by atoms with Gasteiger partial charge < -0.3 is 4.90 Å². The van der Waals surface area contributed by atoms with Gasteiger partial charge in [-0.1, -0.05) is 59.8 Å². The highest BCUT2D eigenvalue weighted by Crippen LogP contribution is 2.22. The zero-order valence-electron chi connectivity index (χ0n) is 17.3. The summed E-state index contributed by atoms with van der Waals surface area (Å²) in [6.07, 6.45) is 0. The van der Waals surface area contributed by atoms with Crippen molar-refractivity contribution in [1.29, 1.82) is 0 Å². The first-order chi connectivity index (χ1) is 15.5. The van der Waals surface area contributed by atoms with Crippen LogP contribution in [0.4, 0.5) is 4.39 Å². The van der Waals surface area contributed by atoms with Crippen LogP contribution in [-0.4, -0.2) is 62.4 Å². The lowest BCUT2D eigenvalue weighted by Crippen LogP contribution is -2.48. The minimum atomic E-state index is -0.312. The van der Waals surface area contributed by atoms with Gasteiger partial charge in [-0.25, -0.2) is 14.3 Å². The Morgan fingerprint density at radius 3 is 2.53 bits per heavy atom. The molecule has 168 valence electrons. The number of piperazine rings is 1. The summed E-state index contributed by atoms with van der Waals surface area (Å²) in [5.74, 6) is -0.133. The number of hydrogen-bond donors (Lipinski definition) is 1. The summed E-state index contributed by atoms with van der Waals surface area (Å²) >= 11 is 7.37. The Labute approximate surface area is 194 Å². The number of benzene rings is 2. The van der Waals surface area contributed by atoms with Gasteiger partial charge in [-0.05, 0) is 17.7 Å². The van der Waals surface area contributed by atoms with Crippen LogP contribution in [0.3, 0.4) is 0 Å². The molecule has 0 aliphatic carbocycles. The van der Waals surface area contributed by atoms with Crippen LogP contribution in [0.2, 0.25) is 5.02 Å². The Kier molecular flexibility index (Phi) is 7.29. The molecule has 0 atom stereocenters. The number of thioether (sulfide) groups is 1. The van der Waals surface area contributed by atoms with Crippen LogP contribution in [0.1, 0.15) is 11.1 Å². The maximum absolute atomic E-state index is 14.0. The minimum Gasteiger partial charge on any atom is -0.339 e. The van der Waals surface area contributed by atoms with Crippen molar-refractivity contribution in [2.24, 2.45) is 0 Å². The normalized spacial score (nSPS) is 14.6. The molecule has 32 heavy (non-hydrogen) atoms. The zero-order valence-corrected chi connectivity index (χ0v) is 18.9. The van der Waals surface area contributed by atoms with Gasteiger partial charge in [0.05, 0.1) is 12.3 Å². The molecule has 10 heteroatoms. The maximum Gasteiger partial charge on any atom is 0.344 e. The lowest BCUT2D eigenvalue weighted by molar-refractivity contribution is -0.130. The number of aromatic nitrogens is 3. The Hall–Kier alpha value is -2.62. The molecule has 4 rings (SSSR count). The second-order valence-electron chi connectivity index (χ2n) is 7.53. The lowest BCUT2D eigenvalue weighted by atomic mass is 10.2. The number of aromatic amines is 1. The Morgan fingerprint density at radius 2 is 1.81 bits per heavy atom. The van der Waals surface area contributed by atoms with Crippen LogP contribution >= 0.6 is 23.4 Å². The van der Waals surface area contributed by atoms with E-state index in [4.69, 9.17) is 11.6 Å². The predicted molar refractivity (Wildman–Crippen MR) is 122 cm³/mol. The fourth-order valence-electron chi connectivity index (χ4n) is 3.60. The third kappa shape index (κ3) is 5.40. The molecule has 1 saturated heterocycles. The van der Waals surface area contributed by atoms with Gasteiger partial charge in [0.1, 0.15) is 5.82 Å². The Bertz CT molecular complexity index is 1110. The second kappa shape index (κ2) is 10.3. The highest BCUT2D eigenvalue weighted by molar-refractivity contribution is 7.99. The third-order valence-electron chi connectivity index (χ3n) is 5.40. The molecule has 0 spiro atoms. The molecule has 0 radical (unpaired) electrons. The number of carbonyl (C=O) groups excluding carboxylic acids is 1. The molecule has 3 aromatic rings. The molecule has 1 aromatic heterocycles. The van der Waals surface area contributed by atoms with Crippen molar-refractivity contribution in [3.05, 3.63) is 81.0 Å². The van der Waals surface area contributed by atoms with E-state index >= 15 is 0 Å². The van der Waals surface area contributed by atoms with Gasteiger partial charge >= 0.3 is 5.69 Å². The SMILES string of the molecule is O=C(CSc1n[nH]c(=O)n1Cc1ccccc1)N1CCN(Cc2c(F)cccc2Cl)CC1. The van der Waals surface area contributed by atoms with Crippen LogP contribution in [0, 0.1) is 5.82 Å². The summed E-state index contributed by atoms with van der Waals surface area (Å²) < 4.78 is 15.6. The monoisotopic (exact) mass is 475 g/mol. The fourth-order valence-corrected chi connectivity index (χ4v) is 4.67. The standard InChI is InChI=1S/C22H23ClFN5O2S/c23-18-7-4-8-19(24)17(18)14-27-9-11-28(12-10-27)20(30)15-32-22-26-25-21(31)29(22)13-16-5-2-1-3-6-16/h1-8H,9-15H2,(H,25,31). The third-order valence-corrected chi connectivity index (χ3v) is 6.72. The first-order valence-electron chi connectivity index (χ1n) is 10.3. The second-order valence-corrected chi connectivity index (χ2v) is 8.88. The number of hydrogen-bond acceptors (Lipinski definition) is 5. The van der Waals surface area contributed by atoms with E-state index in [2.05, 4.69) is 15.1 Å². The van der Waals surface area contributed by atoms with Crippen LogP contribution in [-0.2, 0) is 17.9 Å². The molecular formula is C22H23ClFN5O2S. The molecule has 2 aromatic carbocycles. The van der Waals surface area contributed by atoms with Crippen molar-refractivity contribution in [1.82, 2.24) is 24.6 Å². The molecule has 1 aliphatic heterocycles. The predicted octanol–water partition coefficient (Wildman–Crippen LogP) is 2.85. The highest BCUT2D eigenvalue weighted by atomic mass is 35.5. The zero-order chi connectivity index (χ0) is 22.5. The number of nitrogens with zero attached hydrogens (tertiary/aromatic N) is 4. The number of carbonyl (C=O) groups is 1. The molecule has 2 heterocycles. The number of amides is 1. The van der Waals surface area contributed by atoms with Crippen molar-refractivity contribution in [3.63, 3.8) is 0 Å². The topological polar surface area (TPSA) is 74.2 Å². The molecule has 1 fully saturated rings. The van der Waals surface area contributed by atoms with Crippen molar-refractivity contribution in [2.45, 2.75) is 18.2 Å². The summed E-state index contributed by atoms with van der Waals surface area (Å²) in [5.41, 5.74) is 1.17. The maximum atomic E-state index is 14.0. The molecule has 1 aliphatic rings. The molecule has 0 bridgehead atoms. The van der Waals surface area contributed by atoms with Gasteiger partial charge in [0.25, 0.3) is 0 Å². The van der Waals surface area contributed by atoms with Crippen molar-refractivity contribution < 1.29 is 9.18 Å². The van der Waals surface area contributed by atoms with E-state index < -0.39 is 0 Å². The Balaban J connectivity index is 1.29. The Morgan fingerprint density at radius 1 is 1.06 bits per heavy atom. The minimum absolute atomic E-state index is 0.0136. The largest absolute Gasteiger partial charge is 0.344 e. The smallest absolute Gasteiger partial charge is 0.339 e. The van der Waals surface area contributed by atoms with E-state index in [1.807, 2.05) is 30.3 Å². The van der Waals surface area contributed by atoms with Crippen molar-refractivity contribution >= 4 is 29.3 Å². The molecule has 0 unspecified atom stereocenters. The van der Waals surface area contributed by atoms with Gasteiger partial charge in [0, 0.05) is 43.3 Å². The van der Waals surface area contributed by atoms with E-state index in [0.29, 0.717) is 55.0 Å². The van der Waals surface area contributed by atoms with Gasteiger partial charge in [-0.3, -0.25) is 14.3 Å². The van der Waals surface area contributed by atoms with Crippen molar-refractivity contribution in [2.75, 3.05) is 31.9 Å². The van der Waals surface area contributed by atoms with Crippen molar-refractivity contribution in [3.8, 4) is 0 Å². The molecule has 1 N–H and O–H groups in total. The lowest BCUT2D eigenvalue weighted by Gasteiger charge is -2.34. The van der Waals surface area contributed by atoms with E-state index in [0.717, 1.165) is 5.56 Å². The summed E-state index contributed by atoms with van der Waals surface area (Å²) in [4.78, 5) is 28.7. The molecule has 0 saturated carbocycles. The summed E-state index contributed by atoms with van der Waals surface area (Å²) in [7, 11) is 0. The van der Waals surface area contributed by atoms with Gasteiger partial charge in [0.2, 0.25) is 5.91 Å². The van der Waals surface area contributed by atoms with Crippen LogP contribution in [0.15, 0.2) is 58.5 Å². The van der Waals surface area contributed by atoms with Crippen LogP contribution in [0.5, 0.6) is 0 Å². The average Bonchev–Trinajstić information content (AvgIpc) is 3.15. The molecular weight excluding hydrogens is 453 g/mol. The van der Waals surface area contributed by atoms with E-state index in [1.165, 1.54) is 22.4 Å². The van der Waals surface area contributed by atoms with Crippen LogP contribution < -0.4 is 5.69 Å². The van der Waals surface area contributed by atoms with Gasteiger partial charge in [-0.2, -0.15) is 0 Å². The number of halogens is 2. The summed E-state index contributed by atoms with van der Waals surface area (Å²) in [5, 5.41) is 7.43.